The van der Waals surface area contributed by atoms with Crippen LogP contribution in [-0.4, -0.2) is 74.1 Å². The van der Waals surface area contributed by atoms with Crippen LogP contribution in [0, 0.1) is 45.8 Å². The Balaban J connectivity index is 1.21. The SMILES string of the molecule is CO[C@H]1[C@@H](OC(=O)OCc2ccccc2)[C@H](OC(=O)OCc2ccccc2)[C@H](OCC23C[C@@H]4[C@H](C)CC[C@H]4C4(C=O)CC2C=C(C(C)C)C34C(=O)O)O[C@@H]1C. The first-order valence-corrected chi connectivity index (χ1v) is 19.4. The van der Waals surface area contributed by atoms with E-state index < -0.39 is 65.2 Å². The maximum absolute atomic E-state index is 14.0. The number of carboxylic acids is 1. The molecule has 1 N–H and O–H groups in total. The van der Waals surface area contributed by atoms with E-state index in [2.05, 4.69) is 13.0 Å². The van der Waals surface area contributed by atoms with Gasteiger partial charge in [0.15, 0.2) is 18.5 Å². The van der Waals surface area contributed by atoms with E-state index in [-0.39, 0.29) is 43.5 Å². The molecule has 1 aliphatic heterocycles. The van der Waals surface area contributed by atoms with Gasteiger partial charge in [0, 0.05) is 12.5 Å². The molecule has 5 aliphatic rings. The highest BCUT2D eigenvalue weighted by atomic mass is 16.8. The Kier molecular flexibility index (Phi) is 10.9. The van der Waals surface area contributed by atoms with Crippen molar-refractivity contribution < 1.29 is 57.4 Å². The van der Waals surface area contributed by atoms with Crippen LogP contribution in [0.5, 0.6) is 0 Å². The number of aliphatic carboxylic acids is 1. The third kappa shape index (κ3) is 6.34. The van der Waals surface area contributed by atoms with Gasteiger partial charge in [0.1, 0.15) is 31.0 Å². The lowest BCUT2D eigenvalue weighted by Gasteiger charge is -2.58. The maximum atomic E-state index is 14.0. The van der Waals surface area contributed by atoms with Gasteiger partial charge >= 0.3 is 18.3 Å². The fourth-order valence-electron chi connectivity index (χ4n) is 11.3. The number of benzene rings is 2. The summed E-state index contributed by atoms with van der Waals surface area (Å²) in [5, 5.41) is 11.4. The van der Waals surface area contributed by atoms with Gasteiger partial charge in [-0.05, 0) is 66.9 Å². The highest BCUT2D eigenvalue weighted by Crippen LogP contribution is 2.82. The first-order chi connectivity index (χ1) is 26.4. The second kappa shape index (κ2) is 15.3. The quantitative estimate of drug-likeness (QED) is 0.126. The van der Waals surface area contributed by atoms with Gasteiger partial charge < -0.3 is 43.1 Å². The topological polar surface area (TPSA) is 153 Å². The third-order valence-electron chi connectivity index (χ3n) is 13.5. The van der Waals surface area contributed by atoms with Crippen molar-refractivity contribution in [3.8, 4) is 0 Å². The summed E-state index contributed by atoms with van der Waals surface area (Å²) in [6.45, 7) is 7.61. The number of carbonyl (C=O) groups is 4. The molecule has 12 nitrogen and oxygen atoms in total. The smallest absolute Gasteiger partial charge is 0.481 e. The van der Waals surface area contributed by atoms with Crippen LogP contribution in [0.2, 0.25) is 0 Å². The zero-order valence-corrected chi connectivity index (χ0v) is 32.1. The van der Waals surface area contributed by atoms with Crippen molar-refractivity contribution in [3.63, 3.8) is 0 Å². The zero-order chi connectivity index (χ0) is 39.1. The van der Waals surface area contributed by atoms with Crippen LogP contribution < -0.4 is 0 Å². The molecule has 0 spiro atoms. The molecule has 0 radical (unpaired) electrons. The van der Waals surface area contributed by atoms with E-state index in [4.69, 9.17) is 33.2 Å². The summed E-state index contributed by atoms with van der Waals surface area (Å²) in [5.41, 5.74) is -1.35. The van der Waals surface area contributed by atoms with Crippen molar-refractivity contribution in [2.24, 2.45) is 45.8 Å². The molecule has 0 amide bonds. The summed E-state index contributed by atoms with van der Waals surface area (Å²) in [6, 6.07) is 18.2. The Hall–Kier alpha value is -4.26. The van der Waals surface area contributed by atoms with E-state index in [1.807, 2.05) is 50.2 Å². The maximum Gasteiger partial charge on any atom is 0.509 e. The van der Waals surface area contributed by atoms with Gasteiger partial charge in [-0.3, -0.25) is 4.79 Å². The van der Waals surface area contributed by atoms with Gasteiger partial charge in [0.05, 0.1) is 18.1 Å². The average Bonchev–Trinajstić information content (AvgIpc) is 3.75. The lowest BCUT2D eigenvalue weighted by Crippen LogP contribution is -2.65. The molecule has 12 atom stereocenters. The van der Waals surface area contributed by atoms with E-state index in [0.29, 0.717) is 18.8 Å². The summed E-state index contributed by atoms with van der Waals surface area (Å²) >= 11 is 0. The molecule has 4 unspecified atom stereocenters. The van der Waals surface area contributed by atoms with E-state index >= 15 is 0 Å². The standard InChI is InChI=1S/C43H52O12/c1-25(2)33-18-30-19-41(23-44)32-17-16-26(3)31(32)20-42(30,43(33,41)38(45)46)24-52-37-36(55-40(48)51-22-29-14-10-7-11-15-29)35(34(49-5)27(4)53-37)54-39(47)50-21-28-12-8-6-9-13-28/h6-15,18,23,25-27,30-32,34-37H,16-17,19-22,24H2,1-5H3,(H,45,46)/t26-,27-,30?,31-,32-,34-,35-,36+,37-,41?,42?,43?/m1/s1. The monoisotopic (exact) mass is 760 g/mol. The van der Waals surface area contributed by atoms with Gasteiger partial charge in [-0.1, -0.05) is 99.5 Å². The fraction of sp³-hybridized carbons (Fsp3) is 0.581. The summed E-state index contributed by atoms with van der Waals surface area (Å²) < 4.78 is 41.6. The van der Waals surface area contributed by atoms with E-state index in [1.54, 1.807) is 31.2 Å². The molecule has 55 heavy (non-hydrogen) atoms. The Labute approximate surface area is 321 Å². The van der Waals surface area contributed by atoms with Gasteiger partial charge in [0.2, 0.25) is 0 Å². The summed E-state index contributed by atoms with van der Waals surface area (Å²) in [5.74, 6) is -1.01. The van der Waals surface area contributed by atoms with E-state index in [9.17, 15) is 24.3 Å². The van der Waals surface area contributed by atoms with Gasteiger partial charge in [-0.15, -0.1) is 0 Å². The third-order valence-corrected chi connectivity index (χ3v) is 13.5. The number of carbonyl (C=O) groups excluding carboxylic acids is 3. The number of hydrogen-bond donors (Lipinski definition) is 1. The molecule has 12 heteroatoms. The lowest BCUT2D eigenvalue weighted by atomic mass is 9.43. The average molecular weight is 761 g/mol. The summed E-state index contributed by atoms with van der Waals surface area (Å²) in [7, 11) is 1.42. The fourth-order valence-corrected chi connectivity index (χ4v) is 11.3. The van der Waals surface area contributed by atoms with E-state index in [1.165, 1.54) is 7.11 Å². The minimum atomic E-state index is -1.50. The molecule has 2 aromatic carbocycles. The Morgan fingerprint density at radius 1 is 0.873 bits per heavy atom. The van der Waals surface area contributed by atoms with Crippen molar-refractivity contribution in [1.29, 1.82) is 0 Å². The van der Waals surface area contributed by atoms with Crippen molar-refractivity contribution in [2.45, 2.75) is 97.3 Å². The molecule has 296 valence electrons. The Morgan fingerprint density at radius 3 is 2.02 bits per heavy atom. The number of rotatable bonds is 13. The first-order valence-electron chi connectivity index (χ1n) is 19.4. The number of hydrogen-bond acceptors (Lipinski definition) is 11. The Morgan fingerprint density at radius 2 is 1.47 bits per heavy atom. The molecule has 7 rings (SSSR count). The van der Waals surface area contributed by atoms with Crippen LogP contribution in [0.4, 0.5) is 9.59 Å². The van der Waals surface area contributed by atoms with Crippen LogP contribution in [0.3, 0.4) is 0 Å². The van der Waals surface area contributed by atoms with Crippen molar-refractivity contribution in [1.82, 2.24) is 0 Å². The molecule has 4 fully saturated rings. The second-order valence-corrected chi connectivity index (χ2v) is 16.4. The van der Waals surface area contributed by atoms with Crippen LogP contribution in [0.25, 0.3) is 0 Å². The van der Waals surface area contributed by atoms with Gasteiger partial charge in [0.25, 0.3) is 0 Å². The largest absolute Gasteiger partial charge is 0.509 e. The van der Waals surface area contributed by atoms with Crippen molar-refractivity contribution in [2.75, 3.05) is 13.7 Å². The summed E-state index contributed by atoms with van der Waals surface area (Å²) in [4.78, 5) is 54.2. The molecule has 3 saturated carbocycles. The molecular weight excluding hydrogens is 708 g/mol. The van der Waals surface area contributed by atoms with Gasteiger partial charge in [-0.25, -0.2) is 9.59 Å². The highest BCUT2D eigenvalue weighted by Gasteiger charge is 2.84. The minimum absolute atomic E-state index is 0.0553. The molecular formula is C43H52O12. The van der Waals surface area contributed by atoms with Crippen molar-refractivity contribution in [3.05, 3.63) is 83.4 Å². The van der Waals surface area contributed by atoms with Crippen LogP contribution >= 0.6 is 0 Å². The van der Waals surface area contributed by atoms with Crippen LogP contribution in [0.15, 0.2) is 72.3 Å². The molecule has 4 bridgehead atoms. The predicted molar refractivity (Wildman–Crippen MR) is 196 cm³/mol. The molecule has 0 aromatic heterocycles. The van der Waals surface area contributed by atoms with Crippen molar-refractivity contribution >= 4 is 24.6 Å². The molecule has 4 aliphatic carbocycles. The second-order valence-electron chi connectivity index (χ2n) is 16.4. The number of allylic oxidation sites excluding steroid dienone is 1. The predicted octanol–water partition coefficient (Wildman–Crippen LogP) is 7.13. The number of aldehydes is 1. The highest BCUT2D eigenvalue weighted by molar-refractivity contribution is 5.90. The molecule has 2 aromatic rings. The van der Waals surface area contributed by atoms with Gasteiger partial charge in [-0.2, -0.15) is 0 Å². The Bertz CT molecular complexity index is 1760. The first kappa shape index (κ1) is 39.0. The lowest BCUT2D eigenvalue weighted by molar-refractivity contribution is -0.308. The van der Waals surface area contributed by atoms with Crippen LogP contribution in [-0.2, 0) is 56.0 Å². The normalized spacial score (nSPS) is 37.1. The zero-order valence-electron chi connectivity index (χ0n) is 32.1. The van der Waals surface area contributed by atoms with E-state index in [0.717, 1.165) is 35.8 Å². The minimum Gasteiger partial charge on any atom is -0.481 e. The number of fused-ring (bicyclic) bond motifs is 2. The van der Waals surface area contributed by atoms with Crippen LogP contribution in [0.1, 0.15) is 64.5 Å². The molecule has 1 saturated heterocycles. The number of methoxy groups -OCH3 is 1. The molecule has 1 heterocycles. The number of carboxylic acid groups (broad SMARTS) is 1. The summed E-state index contributed by atoms with van der Waals surface area (Å²) in [6.07, 6.45) is -2.04. The number of ether oxygens (including phenoxy) is 7.